The molecule has 0 amide bonds. The number of hydrogen-bond donors (Lipinski definition) is 2. The minimum Gasteiger partial charge on any atom is -0.379 e. The molecule has 25 heavy (non-hydrogen) atoms. The van der Waals surface area contributed by atoms with Crippen molar-refractivity contribution < 1.29 is 9.47 Å². The molecule has 0 saturated carbocycles. The molecule has 0 aliphatic carbocycles. The molecule has 6 heteroatoms. The van der Waals surface area contributed by atoms with Gasteiger partial charge in [0, 0.05) is 44.9 Å². The van der Waals surface area contributed by atoms with E-state index in [0.29, 0.717) is 6.10 Å². The Balaban J connectivity index is 1.46. The van der Waals surface area contributed by atoms with E-state index in [4.69, 9.17) is 9.47 Å². The zero-order valence-electron chi connectivity index (χ0n) is 15.4. The molecule has 2 N–H and O–H groups in total. The summed E-state index contributed by atoms with van der Waals surface area (Å²) in [4.78, 5) is 4.25. The third-order valence-corrected chi connectivity index (χ3v) is 5.04. The molecule has 0 aromatic heterocycles. The van der Waals surface area contributed by atoms with Crippen molar-refractivity contribution in [1.82, 2.24) is 10.6 Å². The van der Waals surface area contributed by atoms with Crippen LogP contribution in [0, 0.1) is 6.92 Å². The van der Waals surface area contributed by atoms with Gasteiger partial charge in [-0.05, 0) is 25.3 Å². The molecular weight excluding hydrogens is 334 g/mol. The van der Waals surface area contributed by atoms with Gasteiger partial charge in [0.2, 0.25) is 0 Å². The molecule has 0 radical (unpaired) electrons. The SMILES string of the molecule is CN=C(NCCCOC1CCOC1)NCCSCc1ccc(C)cc1. The summed E-state index contributed by atoms with van der Waals surface area (Å²) in [6.07, 6.45) is 2.29. The second-order valence-electron chi connectivity index (χ2n) is 6.17. The topological polar surface area (TPSA) is 54.9 Å². The zero-order chi connectivity index (χ0) is 17.7. The molecule has 0 spiro atoms. The molecule has 1 aliphatic rings. The second-order valence-corrected chi connectivity index (χ2v) is 7.28. The highest BCUT2D eigenvalue weighted by molar-refractivity contribution is 7.98. The number of benzene rings is 1. The van der Waals surface area contributed by atoms with Crippen LogP contribution in [0.15, 0.2) is 29.3 Å². The Morgan fingerprint density at radius 3 is 2.80 bits per heavy atom. The predicted octanol–water partition coefficient (Wildman–Crippen LogP) is 2.59. The molecule has 2 rings (SSSR count). The van der Waals surface area contributed by atoms with Crippen LogP contribution in [-0.2, 0) is 15.2 Å². The van der Waals surface area contributed by atoms with Crippen LogP contribution >= 0.6 is 11.8 Å². The van der Waals surface area contributed by atoms with Crippen molar-refractivity contribution in [2.75, 3.05) is 45.7 Å². The Labute approximate surface area is 156 Å². The summed E-state index contributed by atoms with van der Waals surface area (Å²) in [5.41, 5.74) is 2.69. The number of aryl methyl sites for hydroxylation is 1. The molecular formula is C19H31N3O2S. The molecule has 140 valence electrons. The van der Waals surface area contributed by atoms with E-state index in [1.165, 1.54) is 11.1 Å². The normalized spacial score (nSPS) is 17.7. The van der Waals surface area contributed by atoms with Crippen LogP contribution in [0.3, 0.4) is 0 Å². The van der Waals surface area contributed by atoms with E-state index in [0.717, 1.165) is 63.2 Å². The number of nitrogens with one attached hydrogen (secondary N) is 2. The van der Waals surface area contributed by atoms with Gasteiger partial charge < -0.3 is 20.1 Å². The van der Waals surface area contributed by atoms with E-state index in [2.05, 4.69) is 46.8 Å². The van der Waals surface area contributed by atoms with E-state index in [9.17, 15) is 0 Å². The van der Waals surface area contributed by atoms with Gasteiger partial charge in [0.05, 0.1) is 12.7 Å². The minimum atomic E-state index is 0.294. The largest absolute Gasteiger partial charge is 0.379 e. The van der Waals surface area contributed by atoms with Gasteiger partial charge in [0.1, 0.15) is 0 Å². The lowest BCUT2D eigenvalue weighted by Crippen LogP contribution is -2.39. The number of guanidine groups is 1. The average molecular weight is 366 g/mol. The van der Waals surface area contributed by atoms with Crippen LogP contribution in [0.25, 0.3) is 0 Å². The first-order valence-corrected chi connectivity index (χ1v) is 10.2. The van der Waals surface area contributed by atoms with Crippen molar-refractivity contribution in [3.8, 4) is 0 Å². The monoisotopic (exact) mass is 365 g/mol. The quantitative estimate of drug-likeness (QED) is 0.379. The van der Waals surface area contributed by atoms with E-state index in [-0.39, 0.29) is 0 Å². The smallest absolute Gasteiger partial charge is 0.191 e. The van der Waals surface area contributed by atoms with Crippen LogP contribution < -0.4 is 10.6 Å². The molecule has 1 saturated heterocycles. The summed E-state index contributed by atoms with van der Waals surface area (Å²) < 4.78 is 11.0. The van der Waals surface area contributed by atoms with Crippen molar-refractivity contribution >= 4 is 17.7 Å². The zero-order valence-corrected chi connectivity index (χ0v) is 16.2. The van der Waals surface area contributed by atoms with Crippen molar-refractivity contribution in [3.63, 3.8) is 0 Å². The highest BCUT2D eigenvalue weighted by atomic mass is 32.2. The van der Waals surface area contributed by atoms with Crippen LogP contribution in [0.2, 0.25) is 0 Å². The maximum Gasteiger partial charge on any atom is 0.191 e. The lowest BCUT2D eigenvalue weighted by molar-refractivity contribution is 0.0420. The van der Waals surface area contributed by atoms with E-state index in [1.807, 2.05) is 11.8 Å². The Morgan fingerprint density at radius 1 is 1.28 bits per heavy atom. The maximum atomic E-state index is 5.75. The summed E-state index contributed by atoms with van der Waals surface area (Å²) in [5.74, 6) is 2.97. The Hall–Kier alpha value is -1.24. The van der Waals surface area contributed by atoms with Gasteiger partial charge in [0.25, 0.3) is 0 Å². The van der Waals surface area contributed by atoms with Gasteiger partial charge in [0.15, 0.2) is 5.96 Å². The van der Waals surface area contributed by atoms with Gasteiger partial charge in [-0.1, -0.05) is 29.8 Å². The fourth-order valence-electron chi connectivity index (χ4n) is 2.51. The van der Waals surface area contributed by atoms with Crippen LogP contribution in [0.5, 0.6) is 0 Å². The van der Waals surface area contributed by atoms with Crippen LogP contribution in [-0.4, -0.2) is 57.8 Å². The number of aliphatic imine (C=N–C) groups is 1. The van der Waals surface area contributed by atoms with Gasteiger partial charge >= 0.3 is 0 Å². The molecule has 1 aromatic carbocycles. The summed E-state index contributed by atoms with van der Waals surface area (Å²) in [5, 5.41) is 6.68. The molecule has 5 nitrogen and oxygen atoms in total. The Morgan fingerprint density at radius 2 is 2.08 bits per heavy atom. The fraction of sp³-hybridized carbons (Fsp3) is 0.632. The van der Waals surface area contributed by atoms with Gasteiger partial charge in [-0.3, -0.25) is 4.99 Å². The average Bonchev–Trinajstić information content (AvgIpc) is 3.14. The molecule has 1 fully saturated rings. The first-order valence-electron chi connectivity index (χ1n) is 9.05. The summed E-state index contributed by atoms with van der Waals surface area (Å²) in [7, 11) is 1.81. The minimum absolute atomic E-state index is 0.294. The second kappa shape index (κ2) is 12.2. The standard InChI is InChI=1S/C19H31N3O2S/c1-16-4-6-17(7-5-16)15-25-13-10-22-19(20-2)21-9-3-11-24-18-8-12-23-14-18/h4-7,18H,3,8-15H2,1-2H3,(H2,20,21,22). The van der Waals surface area contributed by atoms with E-state index in [1.54, 1.807) is 7.05 Å². The van der Waals surface area contributed by atoms with Gasteiger partial charge in [-0.25, -0.2) is 0 Å². The predicted molar refractivity (Wildman–Crippen MR) is 106 cm³/mol. The summed E-state index contributed by atoms with van der Waals surface area (Å²) in [6.45, 7) is 6.24. The van der Waals surface area contributed by atoms with Crippen molar-refractivity contribution in [2.24, 2.45) is 4.99 Å². The van der Waals surface area contributed by atoms with Crippen molar-refractivity contribution in [3.05, 3.63) is 35.4 Å². The number of rotatable bonds is 10. The van der Waals surface area contributed by atoms with Gasteiger partial charge in [-0.15, -0.1) is 0 Å². The lowest BCUT2D eigenvalue weighted by Gasteiger charge is -2.13. The maximum absolute atomic E-state index is 5.75. The van der Waals surface area contributed by atoms with Gasteiger partial charge in [-0.2, -0.15) is 11.8 Å². The molecule has 0 bridgehead atoms. The molecule has 1 aliphatic heterocycles. The molecule has 1 aromatic rings. The molecule has 1 unspecified atom stereocenters. The Kier molecular flexibility index (Phi) is 9.77. The van der Waals surface area contributed by atoms with E-state index < -0.39 is 0 Å². The van der Waals surface area contributed by atoms with Crippen LogP contribution in [0.1, 0.15) is 24.0 Å². The fourth-order valence-corrected chi connectivity index (χ4v) is 3.33. The number of nitrogens with zero attached hydrogens (tertiary/aromatic N) is 1. The third kappa shape index (κ3) is 8.61. The Bertz CT molecular complexity index is 502. The number of ether oxygens (including phenoxy) is 2. The lowest BCUT2D eigenvalue weighted by atomic mass is 10.2. The summed E-state index contributed by atoms with van der Waals surface area (Å²) in [6, 6.07) is 8.75. The first kappa shape index (κ1) is 20.1. The third-order valence-electron chi connectivity index (χ3n) is 4.01. The molecule has 1 heterocycles. The van der Waals surface area contributed by atoms with E-state index >= 15 is 0 Å². The summed E-state index contributed by atoms with van der Waals surface area (Å²) >= 11 is 1.93. The van der Waals surface area contributed by atoms with Crippen molar-refractivity contribution in [2.45, 2.75) is 31.6 Å². The number of hydrogen-bond acceptors (Lipinski definition) is 4. The highest BCUT2D eigenvalue weighted by Gasteiger charge is 2.15. The highest BCUT2D eigenvalue weighted by Crippen LogP contribution is 2.12. The molecule has 1 atom stereocenters. The van der Waals surface area contributed by atoms with Crippen LogP contribution in [0.4, 0.5) is 0 Å². The van der Waals surface area contributed by atoms with Crippen molar-refractivity contribution in [1.29, 1.82) is 0 Å². The number of thioether (sulfide) groups is 1. The first-order chi connectivity index (χ1) is 12.3.